The van der Waals surface area contributed by atoms with Crippen molar-refractivity contribution in [2.75, 3.05) is 63.9 Å². The predicted octanol–water partition coefficient (Wildman–Crippen LogP) is 2.01. The van der Waals surface area contributed by atoms with Crippen LogP contribution in [0.2, 0.25) is 0 Å². The average molecular weight is 440 g/mol. The molecule has 1 fully saturated rings. The highest BCUT2D eigenvalue weighted by Gasteiger charge is 2.18. The van der Waals surface area contributed by atoms with E-state index in [9.17, 15) is 0 Å². The van der Waals surface area contributed by atoms with Crippen LogP contribution in [0.25, 0.3) is 0 Å². The van der Waals surface area contributed by atoms with Crippen molar-refractivity contribution in [1.82, 2.24) is 25.5 Å². The van der Waals surface area contributed by atoms with E-state index in [1.165, 1.54) is 5.56 Å². The molecule has 1 aromatic carbocycles. The second kappa shape index (κ2) is 13.6. The summed E-state index contributed by atoms with van der Waals surface area (Å²) in [6, 6.07) is 12.1. The van der Waals surface area contributed by atoms with Crippen LogP contribution in [0.15, 0.2) is 53.8 Å². The molecule has 2 N–H and O–H groups in total. The first-order chi connectivity index (χ1) is 15.7. The van der Waals surface area contributed by atoms with Gasteiger partial charge < -0.3 is 20.3 Å². The van der Waals surface area contributed by atoms with E-state index >= 15 is 0 Å². The quantitative estimate of drug-likeness (QED) is 0.410. The molecule has 1 unspecified atom stereocenters. The number of guanidine groups is 1. The van der Waals surface area contributed by atoms with Crippen LogP contribution in [0.5, 0.6) is 0 Å². The normalized spacial score (nSPS) is 16.1. The lowest BCUT2D eigenvalue weighted by atomic mass is 10.2. The third-order valence-corrected chi connectivity index (χ3v) is 5.35. The molecule has 8 nitrogen and oxygen atoms in total. The number of rotatable bonds is 11. The van der Waals surface area contributed by atoms with E-state index in [1.807, 2.05) is 24.3 Å². The van der Waals surface area contributed by atoms with Crippen molar-refractivity contribution in [3.63, 3.8) is 0 Å². The lowest BCUT2D eigenvalue weighted by Gasteiger charge is -2.34. The molecule has 0 radical (unpaired) electrons. The molecule has 1 atom stereocenters. The highest BCUT2D eigenvalue weighted by Crippen LogP contribution is 2.09. The van der Waals surface area contributed by atoms with Gasteiger partial charge in [0.1, 0.15) is 0 Å². The number of hydrogen-bond acceptors (Lipinski definition) is 6. The number of piperazine rings is 1. The van der Waals surface area contributed by atoms with Gasteiger partial charge in [0.05, 0.1) is 13.2 Å². The van der Waals surface area contributed by atoms with Crippen molar-refractivity contribution in [3.8, 4) is 0 Å². The summed E-state index contributed by atoms with van der Waals surface area (Å²) >= 11 is 0. The SMILES string of the molecule is CCNC(=NCC(C)COCc1ccccc1)NCCN1CCN(c2ncccn2)CC1. The van der Waals surface area contributed by atoms with Gasteiger partial charge in [-0.2, -0.15) is 0 Å². The molecule has 0 amide bonds. The predicted molar refractivity (Wildman–Crippen MR) is 130 cm³/mol. The van der Waals surface area contributed by atoms with Crippen LogP contribution in [-0.2, 0) is 11.3 Å². The second-order valence-electron chi connectivity index (χ2n) is 8.13. The molecule has 2 heterocycles. The molecule has 174 valence electrons. The fourth-order valence-corrected chi connectivity index (χ4v) is 3.55. The third-order valence-electron chi connectivity index (χ3n) is 5.35. The molecule has 8 heteroatoms. The smallest absolute Gasteiger partial charge is 0.225 e. The monoisotopic (exact) mass is 439 g/mol. The number of hydrogen-bond donors (Lipinski definition) is 2. The van der Waals surface area contributed by atoms with Crippen LogP contribution >= 0.6 is 0 Å². The zero-order valence-corrected chi connectivity index (χ0v) is 19.4. The van der Waals surface area contributed by atoms with Gasteiger partial charge in [-0.1, -0.05) is 37.3 Å². The first-order valence-electron chi connectivity index (χ1n) is 11.6. The van der Waals surface area contributed by atoms with Crippen molar-refractivity contribution in [2.45, 2.75) is 20.5 Å². The summed E-state index contributed by atoms with van der Waals surface area (Å²) in [4.78, 5) is 18.2. The van der Waals surface area contributed by atoms with Crippen molar-refractivity contribution in [1.29, 1.82) is 0 Å². The number of benzene rings is 1. The summed E-state index contributed by atoms with van der Waals surface area (Å²) in [6.45, 7) is 13.0. The highest BCUT2D eigenvalue weighted by molar-refractivity contribution is 5.79. The number of ether oxygens (including phenoxy) is 1. The molecule has 32 heavy (non-hydrogen) atoms. The number of anilines is 1. The highest BCUT2D eigenvalue weighted by atomic mass is 16.5. The lowest BCUT2D eigenvalue weighted by molar-refractivity contribution is 0.0945. The largest absolute Gasteiger partial charge is 0.376 e. The van der Waals surface area contributed by atoms with Crippen LogP contribution < -0.4 is 15.5 Å². The molecule has 0 bridgehead atoms. The minimum Gasteiger partial charge on any atom is -0.376 e. The van der Waals surface area contributed by atoms with Gasteiger partial charge >= 0.3 is 0 Å². The number of nitrogens with zero attached hydrogens (tertiary/aromatic N) is 5. The Morgan fingerprint density at radius 2 is 1.81 bits per heavy atom. The maximum Gasteiger partial charge on any atom is 0.225 e. The molecular formula is C24H37N7O. The molecule has 1 saturated heterocycles. The first-order valence-corrected chi connectivity index (χ1v) is 11.6. The molecule has 0 spiro atoms. The summed E-state index contributed by atoms with van der Waals surface area (Å²) in [5.41, 5.74) is 1.20. The van der Waals surface area contributed by atoms with Crippen molar-refractivity contribution in [2.24, 2.45) is 10.9 Å². The van der Waals surface area contributed by atoms with Gasteiger partial charge in [0.25, 0.3) is 0 Å². The van der Waals surface area contributed by atoms with Crippen LogP contribution in [0.4, 0.5) is 5.95 Å². The van der Waals surface area contributed by atoms with E-state index in [2.05, 4.69) is 56.4 Å². The Morgan fingerprint density at radius 1 is 1.06 bits per heavy atom. The van der Waals surface area contributed by atoms with Crippen molar-refractivity contribution >= 4 is 11.9 Å². The fourth-order valence-electron chi connectivity index (χ4n) is 3.55. The topological polar surface area (TPSA) is 77.9 Å². The second-order valence-corrected chi connectivity index (χ2v) is 8.13. The van der Waals surface area contributed by atoms with Crippen molar-refractivity contribution in [3.05, 3.63) is 54.4 Å². The number of aromatic nitrogens is 2. The molecule has 1 aromatic heterocycles. The molecule has 2 aromatic rings. The average Bonchev–Trinajstić information content (AvgIpc) is 2.84. The standard InChI is InChI=1S/C24H37N7O/c1-3-25-23(29-18-21(2)19-32-20-22-8-5-4-6-9-22)26-12-13-30-14-16-31(17-15-30)24-27-10-7-11-28-24/h4-11,21H,3,12-20H2,1-2H3,(H2,25,26,29). The van der Waals surface area contributed by atoms with E-state index in [1.54, 1.807) is 12.4 Å². The maximum absolute atomic E-state index is 5.85. The summed E-state index contributed by atoms with van der Waals surface area (Å²) in [5, 5.41) is 6.81. The van der Waals surface area contributed by atoms with E-state index in [-0.39, 0.29) is 0 Å². The van der Waals surface area contributed by atoms with Gasteiger partial charge in [-0.15, -0.1) is 0 Å². The Bertz CT molecular complexity index is 779. The zero-order chi connectivity index (χ0) is 22.4. The Hall–Kier alpha value is -2.71. The van der Waals surface area contributed by atoms with Gasteiger partial charge in [-0.25, -0.2) is 9.97 Å². The molecule has 1 aliphatic heterocycles. The van der Waals surface area contributed by atoms with Gasteiger partial charge in [-0.3, -0.25) is 9.89 Å². The minimum absolute atomic E-state index is 0.363. The molecule has 3 rings (SSSR count). The van der Waals surface area contributed by atoms with Crippen LogP contribution in [0.1, 0.15) is 19.4 Å². The summed E-state index contributed by atoms with van der Waals surface area (Å²) in [6.07, 6.45) is 3.60. The summed E-state index contributed by atoms with van der Waals surface area (Å²) < 4.78 is 5.85. The third kappa shape index (κ3) is 8.43. The minimum atomic E-state index is 0.363. The van der Waals surface area contributed by atoms with Gasteiger partial charge in [0.15, 0.2) is 5.96 Å². The first kappa shape index (κ1) is 23.9. The maximum atomic E-state index is 5.85. The van der Waals surface area contributed by atoms with E-state index in [0.29, 0.717) is 19.1 Å². The molecular weight excluding hydrogens is 402 g/mol. The lowest BCUT2D eigenvalue weighted by Crippen LogP contribution is -2.49. The number of nitrogens with one attached hydrogen (secondary N) is 2. The van der Waals surface area contributed by atoms with Gasteiger partial charge in [0.2, 0.25) is 5.95 Å². The molecule has 0 saturated carbocycles. The van der Waals surface area contributed by atoms with Crippen LogP contribution in [0, 0.1) is 5.92 Å². The Balaban J connectivity index is 1.32. The molecule has 1 aliphatic rings. The summed E-state index contributed by atoms with van der Waals surface area (Å²) in [5.74, 6) is 2.06. The Morgan fingerprint density at radius 3 is 2.53 bits per heavy atom. The fraction of sp³-hybridized carbons (Fsp3) is 0.542. The van der Waals surface area contributed by atoms with E-state index < -0.39 is 0 Å². The molecule has 0 aliphatic carbocycles. The van der Waals surface area contributed by atoms with Crippen molar-refractivity contribution < 1.29 is 4.74 Å². The summed E-state index contributed by atoms with van der Waals surface area (Å²) in [7, 11) is 0. The van der Waals surface area contributed by atoms with Crippen LogP contribution in [-0.4, -0.2) is 79.8 Å². The Labute approximate surface area is 192 Å². The Kier molecular flexibility index (Phi) is 10.2. The van der Waals surface area contributed by atoms with E-state index in [4.69, 9.17) is 9.73 Å². The van der Waals surface area contributed by atoms with Gasteiger partial charge in [-0.05, 0) is 24.5 Å². The van der Waals surface area contributed by atoms with Gasteiger partial charge in [0, 0.05) is 64.8 Å². The number of aliphatic imine (C=N–C) groups is 1. The zero-order valence-electron chi connectivity index (χ0n) is 19.4. The van der Waals surface area contributed by atoms with Crippen LogP contribution in [0.3, 0.4) is 0 Å². The van der Waals surface area contributed by atoms with E-state index in [0.717, 1.165) is 64.3 Å².